The summed E-state index contributed by atoms with van der Waals surface area (Å²) in [5, 5.41) is 18.1. The summed E-state index contributed by atoms with van der Waals surface area (Å²) in [7, 11) is 0. The molecule has 28 heavy (non-hydrogen) atoms. The zero-order chi connectivity index (χ0) is 19.7. The van der Waals surface area contributed by atoms with Gasteiger partial charge in [-0.05, 0) is 51.9 Å². The Bertz CT molecular complexity index is 598. The smallest absolute Gasteiger partial charge is 0.324 e. The summed E-state index contributed by atoms with van der Waals surface area (Å²) in [5.74, 6) is -0.0375. The van der Waals surface area contributed by atoms with Gasteiger partial charge < -0.3 is 20.6 Å². The van der Waals surface area contributed by atoms with E-state index >= 15 is 0 Å². The molecule has 0 bridgehead atoms. The van der Waals surface area contributed by atoms with E-state index in [0.29, 0.717) is 6.17 Å². The minimum Gasteiger partial charge on any atom is -0.480 e. The Balaban J connectivity index is 1.23. The molecule has 4 aliphatic heterocycles. The zero-order valence-corrected chi connectivity index (χ0v) is 17.7. The van der Waals surface area contributed by atoms with E-state index in [0.717, 1.165) is 32.1 Å². The number of hydrogen-bond acceptors (Lipinski definition) is 7. The summed E-state index contributed by atoms with van der Waals surface area (Å²) in [4.78, 5) is 24.2. The van der Waals surface area contributed by atoms with Crippen molar-refractivity contribution in [2.75, 3.05) is 26.2 Å². The number of carboxylic acid groups (broad SMARTS) is 1. The molecule has 4 heterocycles. The number of hydrogen-bond donors (Lipinski definition) is 3. The van der Waals surface area contributed by atoms with Gasteiger partial charge in [0.25, 0.3) is 0 Å². The molecular weight excluding hydrogens is 378 g/mol. The molecule has 0 amide bonds. The second-order valence-electron chi connectivity index (χ2n) is 8.84. The number of carbonyl (C=O) groups is 1. The fourth-order valence-electron chi connectivity index (χ4n) is 4.73. The van der Waals surface area contributed by atoms with Crippen LogP contribution in [0.4, 0.5) is 0 Å². The first-order valence-corrected chi connectivity index (χ1v) is 11.4. The monoisotopic (exact) mass is 411 g/mol. The van der Waals surface area contributed by atoms with Gasteiger partial charge in [0.15, 0.2) is 6.23 Å². The molecule has 0 saturated carbocycles. The van der Waals surface area contributed by atoms with Crippen molar-refractivity contribution in [3.8, 4) is 0 Å². The second-order valence-corrected chi connectivity index (χ2v) is 10.6. The molecule has 8 nitrogen and oxygen atoms in total. The van der Waals surface area contributed by atoms with E-state index in [1.165, 1.54) is 32.1 Å². The van der Waals surface area contributed by atoms with Crippen LogP contribution >= 0.6 is 11.8 Å². The van der Waals surface area contributed by atoms with Crippen LogP contribution in [0.25, 0.3) is 0 Å². The second kappa shape index (κ2) is 8.47. The number of thioether (sulfide) groups is 1. The lowest BCUT2D eigenvalue weighted by atomic mass is 9.94. The van der Waals surface area contributed by atoms with Crippen LogP contribution in [0.3, 0.4) is 0 Å². The summed E-state index contributed by atoms with van der Waals surface area (Å²) in [6.45, 7) is 8.18. The zero-order valence-electron chi connectivity index (χ0n) is 16.8. The number of carboxylic acids is 1. The minimum atomic E-state index is -0.830. The number of aliphatic imine (C=N–C) groups is 1. The average Bonchev–Trinajstić information content (AvgIpc) is 3.14. The van der Waals surface area contributed by atoms with E-state index in [4.69, 9.17) is 4.84 Å². The molecule has 4 rings (SSSR count). The summed E-state index contributed by atoms with van der Waals surface area (Å²) in [5.41, 5.74) is 0. The van der Waals surface area contributed by atoms with Crippen molar-refractivity contribution in [1.29, 1.82) is 0 Å². The van der Waals surface area contributed by atoms with Crippen LogP contribution in [-0.2, 0) is 9.63 Å². The van der Waals surface area contributed by atoms with E-state index in [1.807, 2.05) is 20.2 Å². The molecule has 4 saturated heterocycles. The molecular formula is C19H33N5O3S. The van der Waals surface area contributed by atoms with Gasteiger partial charge in [-0.2, -0.15) is 5.06 Å². The molecule has 4 fully saturated rings. The highest BCUT2D eigenvalue weighted by Crippen LogP contribution is 2.51. The molecule has 1 unspecified atom stereocenters. The number of aliphatic carboxylic acids is 1. The van der Waals surface area contributed by atoms with Crippen molar-refractivity contribution in [2.45, 2.75) is 74.5 Å². The van der Waals surface area contributed by atoms with E-state index in [-0.39, 0.29) is 16.3 Å². The third-order valence-electron chi connectivity index (χ3n) is 6.33. The molecule has 0 aliphatic carbocycles. The fraction of sp³-hybridized carbons (Fsp3) is 0.895. The highest BCUT2D eigenvalue weighted by atomic mass is 32.2. The molecule has 4 atom stereocenters. The van der Waals surface area contributed by atoms with Crippen LogP contribution < -0.4 is 10.6 Å². The summed E-state index contributed by atoms with van der Waals surface area (Å²) >= 11 is 1.65. The maximum atomic E-state index is 11.5. The van der Waals surface area contributed by atoms with Crippen molar-refractivity contribution in [3.63, 3.8) is 0 Å². The maximum absolute atomic E-state index is 11.5. The Kier molecular flexibility index (Phi) is 6.17. The molecule has 4 aliphatic rings. The Morgan fingerprint density at radius 3 is 2.82 bits per heavy atom. The molecule has 0 aromatic carbocycles. The Hall–Kier alpha value is -0.870. The molecule has 0 aromatic heterocycles. The van der Waals surface area contributed by atoms with Crippen molar-refractivity contribution < 1.29 is 14.7 Å². The van der Waals surface area contributed by atoms with Crippen molar-refractivity contribution in [2.24, 2.45) is 10.9 Å². The van der Waals surface area contributed by atoms with Gasteiger partial charge in [-0.3, -0.25) is 9.63 Å². The number of rotatable bonds is 6. The summed E-state index contributed by atoms with van der Waals surface area (Å²) in [6, 6.07) is -0.614. The third kappa shape index (κ3) is 4.33. The minimum absolute atomic E-state index is 0.00140. The van der Waals surface area contributed by atoms with Gasteiger partial charge >= 0.3 is 5.97 Å². The average molecular weight is 412 g/mol. The van der Waals surface area contributed by atoms with Gasteiger partial charge in [-0.25, -0.2) is 4.99 Å². The highest BCUT2D eigenvalue weighted by molar-refractivity contribution is 8.01. The molecule has 0 radical (unpaired) electrons. The molecule has 0 spiro atoms. The quantitative estimate of drug-likeness (QED) is 0.445. The topological polar surface area (TPSA) is 89.4 Å². The van der Waals surface area contributed by atoms with Crippen LogP contribution in [0.15, 0.2) is 4.99 Å². The SMILES string of the molecule is CC1(C)S[C@@H]2[C@H](N=CN3CCCC(CCC4NCCN4)CC3)ON2[C@H]1C(=O)O. The van der Waals surface area contributed by atoms with Gasteiger partial charge in [0.1, 0.15) is 11.4 Å². The predicted molar refractivity (Wildman–Crippen MR) is 110 cm³/mol. The summed E-state index contributed by atoms with van der Waals surface area (Å²) in [6.07, 6.45) is 8.36. The van der Waals surface area contributed by atoms with Crippen molar-refractivity contribution >= 4 is 24.1 Å². The Labute approximate surface area is 171 Å². The number of likely N-dealkylation sites (tertiary alicyclic amines) is 1. The van der Waals surface area contributed by atoms with Crippen LogP contribution in [0.5, 0.6) is 0 Å². The van der Waals surface area contributed by atoms with E-state index < -0.39 is 12.0 Å². The van der Waals surface area contributed by atoms with Gasteiger partial charge in [-0.1, -0.05) is 0 Å². The molecule has 0 aromatic rings. The number of hydroxylamine groups is 2. The molecule has 158 valence electrons. The number of nitrogens with zero attached hydrogens (tertiary/aromatic N) is 3. The van der Waals surface area contributed by atoms with Gasteiger partial charge in [0.05, 0.1) is 12.5 Å². The van der Waals surface area contributed by atoms with Crippen LogP contribution in [-0.4, -0.2) is 82.1 Å². The number of fused-ring (bicyclic) bond motifs is 1. The first-order valence-electron chi connectivity index (χ1n) is 10.5. The first kappa shape index (κ1) is 20.4. The van der Waals surface area contributed by atoms with Gasteiger partial charge in [0, 0.05) is 30.9 Å². The molecule has 3 N–H and O–H groups in total. The maximum Gasteiger partial charge on any atom is 0.324 e. The van der Waals surface area contributed by atoms with Crippen LogP contribution in [0.1, 0.15) is 46.0 Å². The fourth-order valence-corrected chi connectivity index (χ4v) is 6.20. The predicted octanol–water partition coefficient (Wildman–Crippen LogP) is 1.29. The van der Waals surface area contributed by atoms with Crippen LogP contribution in [0, 0.1) is 5.92 Å². The normalized spacial score (nSPS) is 36.4. The van der Waals surface area contributed by atoms with E-state index in [1.54, 1.807) is 16.8 Å². The molecule has 9 heteroatoms. The lowest BCUT2D eigenvalue weighted by Gasteiger charge is -2.40. The number of nitrogens with one attached hydrogen (secondary N) is 2. The van der Waals surface area contributed by atoms with Crippen molar-refractivity contribution in [3.05, 3.63) is 0 Å². The Morgan fingerprint density at radius 2 is 2.07 bits per heavy atom. The highest BCUT2D eigenvalue weighted by Gasteiger charge is 2.61. The van der Waals surface area contributed by atoms with E-state index in [9.17, 15) is 9.90 Å². The van der Waals surface area contributed by atoms with Crippen molar-refractivity contribution in [1.82, 2.24) is 20.6 Å². The first-order chi connectivity index (χ1) is 13.4. The summed E-state index contributed by atoms with van der Waals surface area (Å²) < 4.78 is -0.375. The largest absolute Gasteiger partial charge is 0.480 e. The van der Waals surface area contributed by atoms with Gasteiger partial charge in [0.2, 0.25) is 0 Å². The van der Waals surface area contributed by atoms with Crippen LogP contribution in [0.2, 0.25) is 0 Å². The standard InChI is InChI=1S/C19H33N5O3S/c1-19(2)15(18(25)26)24-17(28-19)16(27-24)22-12-23-10-3-4-13(7-11-23)5-6-14-20-8-9-21-14/h12-17,20-21H,3-11H2,1-2H3,(H,25,26)/t13?,15-,16+,17+/m0/s1. The van der Waals surface area contributed by atoms with E-state index in [2.05, 4.69) is 20.5 Å². The lowest BCUT2D eigenvalue weighted by Crippen LogP contribution is -2.59. The lowest BCUT2D eigenvalue weighted by molar-refractivity contribution is -0.318. The third-order valence-corrected chi connectivity index (χ3v) is 7.84. The van der Waals surface area contributed by atoms with Gasteiger partial charge in [-0.15, -0.1) is 11.8 Å². The Morgan fingerprint density at radius 1 is 1.29 bits per heavy atom.